The maximum absolute atomic E-state index is 13.4. The molecule has 3 aromatic rings. The number of hydrogen-bond donors (Lipinski definition) is 1. The zero-order chi connectivity index (χ0) is 22.2. The number of rotatable bonds is 5. The Hall–Kier alpha value is -2.82. The van der Waals surface area contributed by atoms with E-state index in [1.807, 2.05) is 0 Å². The minimum absolute atomic E-state index is 0.0685. The Bertz CT molecular complexity index is 1110. The van der Waals surface area contributed by atoms with Crippen LogP contribution in [0.5, 0.6) is 11.5 Å². The lowest BCUT2D eigenvalue weighted by atomic mass is 10.1. The Kier molecular flexibility index (Phi) is 5.93. The van der Waals surface area contributed by atoms with Crippen molar-refractivity contribution >= 4 is 27.5 Å². The number of carbonyl (C=O) groups excluding carboxylic acids is 1. The van der Waals surface area contributed by atoms with E-state index in [-0.39, 0.29) is 21.5 Å². The summed E-state index contributed by atoms with van der Waals surface area (Å²) in [5.41, 5.74) is -0.550. The lowest BCUT2D eigenvalue weighted by Gasteiger charge is -2.17. The van der Waals surface area contributed by atoms with Gasteiger partial charge < -0.3 is 14.8 Å². The van der Waals surface area contributed by atoms with Crippen molar-refractivity contribution in [1.29, 1.82) is 0 Å². The predicted molar refractivity (Wildman–Crippen MR) is 106 cm³/mol. The van der Waals surface area contributed by atoms with Crippen molar-refractivity contribution < 1.29 is 27.4 Å². The normalized spacial score (nSPS) is 12.7. The molecule has 1 unspecified atom stereocenters. The molecule has 2 heterocycles. The van der Waals surface area contributed by atoms with E-state index in [0.717, 1.165) is 6.07 Å². The number of aryl methyl sites for hydroxylation is 1. The third-order valence-electron chi connectivity index (χ3n) is 4.42. The van der Waals surface area contributed by atoms with Gasteiger partial charge in [-0.3, -0.25) is 4.79 Å². The maximum Gasteiger partial charge on any atom is 0.433 e. The van der Waals surface area contributed by atoms with Gasteiger partial charge in [0.25, 0.3) is 5.91 Å². The van der Waals surface area contributed by atoms with Crippen molar-refractivity contribution in [3.05, 3.63) is 51.4 Å². The number of hydrogen-bond acceptors (Lipinski definition) is 5. The van der Waals surface area contributed by atoms with Gasteiger partial charge in [0.05, 0.1) is 24.7 Å². The van der Waals surface area contributed by atoms with Crippen LogP contribution in [0.15, 0.2) is 28.7 Å². The van der Waals surface area contributed by atoms with E-state index in [9.17, 15) is 18.0 Å². The van der Waals surface area contributed by atoms with Crippen LogP contribution in [0.2, 0.25) is 0 Å². The third-order valence-corrected chi connectivity index (χ3v) is 5.15. The highest BCUT2D eigenvalue weighted by Crippen LogP contribution is 2.33. The minimum atomic E-state index is -4.66. The van der Waals surface area contributed by atoms with Crippen LogP contribution in [0.4, 0.5) is 13.2 Å². The van der Waals surface area contributed by atoms with Crippen molar-refractivity contribution in [2.75, 3.05) is 14.2 Å². The number of fused-ring (bicyclic) bond motifs is 1. The fourth-order valence-corrected chi connectivity index (χ4v) is 3.50. The lowest BCUT2D eigenvalue weighted by Crippen LogP contribution is -2.27. The summed E-state index contributed by atoms with van der Waals surface area (Å²) in [6.07, 6.45) is -4.66. The second-order valence-electron chi connectivity index (χ2n) is 6.48. The van der Waals surface area contributed by atoms with Crippen LogP contribution in [0.3, 0.4) is 0 Å². The van der Waals surface area contributed by atoms with Gasteiger partial charge in [-0.25, -0.2) is 9.50 Å². The molecule has 160 valence electrons. The number of halogens is 4. The quantitative estimate of drug-likeness (QED) is 0.580. The summed E-state index contributed by atoms with van der Waals surface area (Å²) >= 11 is 3.17. The van der Waals surface area contributed by atoms with E-state index in [4.69, 9.17) is 9.47 Å². The zero-order valence-corrected chi connectivity index (χ0v) is 18.1. The van der Waals surface area contributed by atoms with Crippen molar-refractivity contribution in [3.8, 4) is 11.5 Å². The van der Waals surface area contributed by atoms with E-state index in [0.29, 0.717) is 21.6 Å². The van der Waals surface area contributed by atoms with E-state index >= 15 is 0 Å². The van der Waals surface area contributed by atoms with Gasteiger partial charge in [-0.2, -0.15) is 18.3 Å². The van der Waals surface area contributed by atoms with Gasteiger partial charge in [-0.05, 0) is 54.0 Å². The van der Waals surface area contributed by atoms with Crippen LogP contribution >= 0.6 is 15.9 Å². The van der Waals surface area contributed by atoms with Crippen LogP contribution in [-0.4, -0.2) is 34.7 Å². The van der Waals surface area contributed by atoms with Gasteiger partial charge in [0.15, 0.2) is 11.3 Å². The van der Waals surface area contributed by atoms with Crippen LogP contribution in [0.1, 0.15) is 40.4 Å². The van der Waals surface area contributed by atoms with Crippen LogP contribution in [0, 0.1) is 6.92 Å². The SMILES string of the molecule is COc1ccc(OC)c(C(C)NC(=O)c2nn3c(C(F)(F)F)cc(C)nc3c2Br)c1. The molecule has 0 saturated heterocycles. The fourth-order valence-electron chi connectivity index (χ4n) is 2.98. The molecule has 1 N–H and O–H groups in total. The Labute approximate surface area is 178 Å². The molecule has 7 nitrogen and oxygen atoms in total. The Morgan fingerprint density at radius 2 is 1.93 bits per heavy atom. The Morgan fingerprint density at radius 3 is 2.53 bits per heavy atom. The summed E-state index contributed by atoms with van der Waals surface area (Å²) in [7, 11) is 3.00. The third kappa shape index (κ3) is 4.07. The first-order valence-electron chi connectivity index (χ1n) is 8.72. The van der Waals surface area contributed by atoms with E-state index < -0.39 is 23.8 Å². The largest absolute Gasteiger partial charge is 0.497 e. The number of methoxy groups -OCH3 is 2. The Balaban J connectivity index is 1.99. The highest BCUT2D eigenvalue weighted by molar-refractivity contribution is 9.10. The number of nitrogens with zero attached hydrogens (tertiary/aromatic N) is 3. The first-order valence-corrected chi connectivity index (χ1v) is 9.52. The number of aromatic nitrogens is 3. The van der Waals surface area contributed by atoms with Crippen LogP contribution < -0.4 is 14.8 Å². The number of alkyl halides is 3. The van der Waals surface area contributed by atoms with Crippen LogP contribution in [0.25, 0.3) is 5.65 Å². The van der Waals surface area contributed by atoms with Gasteiger partial charge in [-0.15, -0.1) is 0 Å². The topological polar surface area (TPSA) is 77.8 Å². The Morgan fingerprint density at radius 1 is 1.23 bits per heavy atom. The van der Waals surface area contributed by atoms with E-state index in [1.54, 1.807) is 25.1 Å². The number of benzene rings is 1. The van der Waals surface area contributed by atoms with Crippen molar-refractivity contribution in [1.82, 2.24) is 19.9 Å². The van der Waals surface area contributed by atoms with Gasteiger partial charge in [-0.1, -0.05) is 0 Å². The molecule has 1 amide bonds. The predicted octanol–water partition coefficient (Wildman–Crippen LogP) is 4.33. The van der Waals surface area contributed by atoms with Gasteiger partial charge in [0, 0.05) is 11.3 Å². The standard InChI is InChI=1S/C19H18BrF3N4O3/c1-9-7-14(19(21,22)23)27-17(24-9)15(20)16(26-27)18(28)25-10(2)12-8-11(29-3)5-6-13(12)30-4/h5-8,10H,1-4H3,(H,25,28). The van der Waals surface area contributed by atoms with Crippen molar-refractivity contribution in [2.24, 2.45) is 0 Å². The molecule has 1 aromatic carbocycles. The lowest BCUT2D eigenvalue weighted by molar-refractivity contribution is -0.142. The number of carbonyl (C=O) groups is 1. The monoisotopic (exact) mass is 486 g/mol. The van der Waals surface area contributed by atoms with Gasteiger partial charge >= 0.3 is 6.18 Å². The van der Waals surface area contributed by atoms with Gasteiger partial charge in [0.2, 0.25) is 0 Å². The molecule has 0 radical (unpaired) electrons. The summed E-state index contributed by atoms with van der Waals surface area (Å²) in [4.78, 5) is 16.9. The summed E-state index contributed by atoms with van der Waals surface area (Å²) in [5, 5.41) is 6.59. The molecule has 3 rings (SSSR count). The molecule has 0 aliphatic heterocycles. The minimum Gasteiger partial charge on any atom is -0.497 e. The molecule has 0 bridgehead atoms. The molecule has 30 heavy (non-hydrogen) atoms. The molecular weight excluding hydrogens is 469 g/mol. The highest BCUT2D eigenvalue weighted by atomic mass is 79.9. The molecule has 0 aliphatic carbocycles. The first-order chi connectivity index (χ1) is 14.1. The van der Waals surface area contributed by atoms with Gasteiger partial charge in [0.1, 0.15) is 17.2 Å². The molecule has 11 heteroatoms. The number of nitrogens with one attached hydrogen (secondary N) is 1. The number of ether oxygens (including phenoxy) is 2. The van der Waals surface area contributed by atoms with E-state index in [2.05, 4.69) is 31.3 Å². The smallest absolute Gasteiger partial charge is 0.433 e. The van der Waals surface area contributed by atoms with Crippen molar-refractivity contribution in [2.45, 2.75) is 26.1 Å². The second kappa shape index (κ2) is 8.13. The van der Waals surface area contributed by atoms with Crippen LogP contribution in [-0.2, 0) is 6.18 Å². The molecule has 0 aliphatic rings. The molecule has 2 aromatic heterocycles. The average molecular weight is 487 g/mol. The average Bonchev–Trinajstić information content (AvgIpc) is 3.02. The first kappa shape index (κ1) is 21.9. The molecule has 0 spiro atoms. The molecular formula is C19H18BrF3N4O3. The fraction of sp³-hybridized carbons (Fsp3) is 0.316. The molecule has 0 saturated carbocycles. The van der Waals surface area contributed by atoms with Crippen molar-refractivity contribution in [3.63, 3.8) is 0 Å². The summed E-state index contributed by atoms with van der Waals surface area (Å²) in [6, 6.07) is 5.44. The summed E-state index contributed by atoms with van der Waals surface area (Å²) < 4.78 is 51.4. The summed E-state index contributed by atoms with van der Waals surface area (Å²) in [5.74, 6) is 0.417. The second-order valence-corrected chi connectivity index (χ2v) is 7.27. The van der Waals surface area contributed by atoms with E-state index in [1.165, 1.54) is 21.1 Å². The number of amides is 1. The zero-order valence-electron chi connectivity index (χ0n) is 16.5. The highest BCUT2D eigenvalue weighted by Gasteiger charge is 2.36. The molecule has 1 atom stereocenters. The molecule has 0 fully saturated rings. The maximum atomic E-state index is 13.4. The summed E-state index contributed by atoms with van der Waals surface area (Å²) in [6.45, 7) is 3.15.